The molecule has 1 fully saturated rings. The minimum absolute atomic E-state index is 0.132. The molecule has 0 bridgehead atoms. The zero-order valence-corrected chi connectivity index (χ0v) is 12.3. The average Bonchev–Trinajstić information content (AvgIpc) is 2.96. The molecular weight excluding hydrogens is 254 g/mol. The highest BCUT2D eigenvalue weighted by Crippen LogP contribution is 2.47. The highest BCUT2D eigenvalue weighted by molar-refractivity contribution is 5.91. The van der Waals surface area contributed by atoms with Crippen LogP contribution < -0.4 is 5.32 Å². The van der Waals surface area contributed by atoms with Gasteiger partial charge in [0, 0.05) is 18.5 Å². The number of hydrogen-bond acceptors (Lipinski definition) is 3. The van der Waals surface area contributed by atoms with Crippen molar-refractivity contribution >= 4 is 12.0 Å². The maximum Gasteiger partial charge on any atom is 0.244 e. The smallest absolute Gasteiger partial charge is 0.244 e. The second-order valence-electron chi connectivity index (χ2n) is 5.95. The molecule has 110 valence electrons. The van der Waals surface area contributed by atoms with Gasteiger partial charge in [-0.15, -0.1) is 0 Å². The number of aliphatic hydroxyl groups is 1. The Morgan fingerprint density at radius 1 is 1.55 bits per heavy atom. The van der Waals surface area contributed by atoms with Gasteiger partial charge in [-0.25, -0.2) is 0 Å². The standard InChI is InChI=1S/C16H23NO3/c1-10(2)14(18)9-17-16(19)7-5-12-4-6-15(20-12)13-8-11(13)3/h4-7,10-11,13-14,18H,8-9H2,1-3H3,(H,17,19)/b7-5+. The molecule has 20 heavy (non-hydrogen) atoms. The molecule has 0 aliphatic heterocycles. The van der Waals surface area contributed by atoms with Crippen molar-refractivity contribution < 1.29 is 14.3 Å². The summed E-state index contributed by atoms with van der Waals surface area (Å²) in [4.78, 5) is 11.6. The number of furan rings is 1. The van der Waals surface area contributed by atoms with Crippen molar-refractivity contribution in [3.05, 3.63) is 29.7 Å². The number of aliphatic hydroxyl groups excluding tert-OH is 1. The van der Waals surface area contributed by atoms with E-state index in [-0.39, 0.29) is 18.4 Å². The molecule has 1 aliphatic rings. The van der Waals surface area contributed by atoms with Gasteiger partial charge in [-0.05, 0) is 36.5 Å². The van der Waals surface area contributed by atoms with Crippen LogP contribution in [0, 0.1) is 11.8 Å². The monoisotopic (exact) mass is 277 g/mol. The van der Waals surface area contributed by atoms with Crippen molar-refractivity contribution in [2.75, 3.05) is 6.54 Å². The van der Waals surface area contributed by atoms with E-state index in [0.717, 1.165) is 5.76 Å². The third-order valence-corrected chi connectivity index (χ3v) is 3.78. The summed E-state index contributed by atoms with van der Waals surface area (Å²) in [5.41, 5.74) is 0. The van der Waals surface area contributed by atoms with Crippen molar-refractivity contribution in [2.45, 2.75) is 39.2 Å². The van der Waals surface area contributed by atoms with Gasteiger partial charge >= 0.3 is 0 Å². The Labute approximate surface area is 119 Å². The van der Waals surface area contributed by atoms with Crippen LogP contribution in [0.5, 0.6) is 0 Å². The van der Waals surface area contributed by atoms with Gasteiger partial charge in [-0.3, -0.25) is 4.79 Å². The fourth-order valence-corrected chi connectivity index (χ4v) is 2.03. The summed E-state index contributed by atoms with van der Waals surface area (Å²) >= 11 is 0. The first kappa shape index (κ1) is 14.9. The highest BCUT2D eigenvalue weighted by atomic mass is 16.3. The molecule has 4 nitrogen and oxygen atoms in total. The van der Waals surface area contributed by atoms with Crippen molar-refractivity contribution in [2.24, 2.45) is 11.8 Å². The second kappa shape index (κ2) is 6.27. The minimum atomic E-state index is -0.515. The molecule has 1 heterocycles. The van der Waals surface area contributed by atoms with E-state index >= 15 is 0 Å². The van der Waals surface area contributed by atoms with Gasteiger partial charge in [-0.1, -0.05) is 20.8 Å². The average molecular weight is 277 g/mol. The van der Waals surface area contributed by atoms with Gasteiger partial charge in [0.15, 0.2) is 0 Å². The molecule has 1 aromatic heterocycles. The zero-order chi connectivity index (χ0) is 14.7. The van der Waals surface area contributed by atoms with Crippen molar-refractivity contribution in [3.8, 4) is 0 Å². The van der Waals surface area contributed by atoms with E-state index in [9.17, 15) is 9.90 Å². The van der Waals surface area contributed by atoms with E-state index in [1.807, 2.05) is 26.0 Å². The first-order valence-electron chi connectivity index (χ1n) is 7.21. The molecule has 3 atom stereocenters. The summed E-state index contributed by atoms with van der Waals surface area (Å²) in [5.74, 6) is 2.87. The molecule has 0 aromatic carbocycles. The molecule has 1 amide bonds. The molecule has 2 rings (SSSR count). The summed E-state index contributed by atoms with van der Waals surface area (Å²) in [6.07, 6.45) is 3.77. The number of carbonyl (C=O) groups is 1. The Morgan fingerprint density at radius 2 is 2.25 bits per heavy atom. The summed E-state index contributed by atoms with van der Waals surface area (Å²) in [5, 5.41) is 12.3. The van der Waals surface area contributed by atoms with E-state index in [2.05, 4.69) is 12.2 Å². The van der Waals surface area contributed by atoms with Gasteiger partial charge in [0.2, 0.25) is 5.91 Å². The predicted molar refractivity (Wildman–Crippen MR) is 78.1 cm³/mol. The molecule has 0 spiro atoms. The Hall–Kier alpha value is -1.55. The Kier molecular flexibility index (Phi) is 4.65. The van der Waals surface area contributed by atoms with Crippen molar-refractivity contribution in [3.63, 3.8) is 0 Å². The van der Waals surface area contributed by atoms with Crippen LogP contribution in [0.4, 0.5) is 0 Å². The third-order valence-electron chi connectivity index (χ3n) is 3.78. The number of nitrogens with one attached hydrogen (secondary N) is 1. The van der Waals surface area contributed by atoms with Gasteiger partial charge in [0.05, 0.1) is 6.10 Å². The summed E-state index contributed by atoms with van der Waals surface area (Å²) in [6.45, 7) is 6.30. The first-order chi connectivity index (χ1) is 9.47. The molecular formula is C16H23NO3. The molecule has 1 aromatic rings. The molecule has 1 saturated carbocycles. The largest absolute Gasteiger partial charge is 0.461 e. The van der Waals surface area contributed by atoms with Crippen LogP contribution >= 0.6 is 0 Å². The van der Waals surface area contributed by atoms with Gasteiger partial charge in [0.1, 0.15) is 11.5 Å². The van der Waals surface area contributed by atoms with Crippen LogP contribution in [0.3, 0.4) is 0 Å². The number of hydrogen-bond donors (Lipinski definition) is 2. The van der Waals surface area contributed by atoms with Crippen molar-refractivity contribution in [1.29, 1.82) is 0 Å². The predicted octanol–water partition coefficient (Wildman–Crippen LogP) is 2.55. The summed E-state index contributed by atoms with van der Waals surface area (Å²) < 4.78 is 5.68. The molecule has 2 N–H and O–H groups in total. The van der Waals surface area contributed by atoms with Crippen LogP contribution in [0.15, 0.2) is 22.6 Å². The Bertz CT molecular complexity index is 490. The SMILES string of the molecule is CC(C)C(O)CNC(=O)/C=C/c1ccc(C2CC2C)o1. The minimum Gasteiger partial charge on any atom is -0.461 e. The van der Waals surface area contributed by atoms with Gasteiger partial charge < -0.3 is 14.8 Å². The van der Waals surface area contributed by atoms with Crippen LogP contribution in [0.2, 0.25) is 0 Å². The summed E-state index contributed by atoms with van der Waals surface area (Å²) in [7, 11) is 0. The topological polar surface area (TPSA) is 62.5 Å². The molecule has 0 saturated heterocycles. The van der Waals surface area contributed by atoms with E-state index in [1.54, 1.807) is 6.08 Å². The quantitative estimate of drug-likeness (QED) is 0.785. The summed E-state index contributed by atoms with van der Waals surface area (Å²) in [6, 6.07) is 3.86. The lowest BCUT2D eigenvalue weighted by Gasteiger charge is -2.13. The number of amides is 1. The number of rotatable bonds is 6. The zero-order valence-electron chi connectivity index (χ0n) is 12.3. The van der Waals surface area contributed by atoms with E-state index in [1.165, 1.54) is 12.5 Å². The number of carbonyl (C=O) groups excluding carboxylic acids is 1. The molecule has 4 heteroatoms. The fourth-order valence-electron chi connectivity index (χ4n) is 2.03. The maximum absolute atomic E-state index is 11.6. The van der Waals surface area contributed by atoms with Crippen LogP contribution in [0.1, 0.15) is 44.6 Å². The van der Waals surface area contributed by atoms with Gasteiger partial charge in [0.25, 0.3) is 0 Å². The Balaban J connectivity index is 1.80. The van der Waals surface area contributed by atoms with Gasteiger partial charge in [-0.2, -0.15) is 0 Å². The van der Waals surface area contributed by atoms with E-state index < -0.39 is 6.10 Å². The van der Waals surface area contributed by atoms with Crippen LogP contribution in [-0.4, -0.2) is 23.7 Å². The van der Waals surface area contributed by atoms with Crippen molar-refractivity contribution in [1.82, 2.24) is 5.32 Å². The third kappa shape index (κ3) is 3.97. The highest BCUT2D eigenvalue weighted by Gasteiger charge is 2.36. The second-order valence-corrected chi connectivity index (χ2v) is 5.95. The first-order valence-corrected chi connectivity index (χ1v) is 7.21. The van der Waals surface area contributed by atoms with E-state index in [0.29, 0.717) is 17.6 Å². The lowest BCUT2D eigenvalue weighted by molar-refractivity contribution is -0.117. The lowest BCUT2D eigenvalue weighted by atomic mass is 10.1. The van der Waals surface area contributed by atoms with Crippen LogP contribution in [0.25, 0.3) is 6.08 Å². The Morgan fingerprint density at radius 3 is 2.85 bits per heavy atom. The molecule has 3 unspecified atom stereocenters. The normalized spacial score (nSPS) is 23.2. The lowest BCUT2D eigenvalue weighted by Crippen LogP contribution is -2.33. The molecule has 1 aliphatic carbocycles. The molecule has 0 radical (unpaired) electrons. The fraction of sp³-hybridized carbons (Fsp3) is 0.562. The maximum atomic E-state index is 11.6. The van der Waals surface area contributed by atoms with Crippen LogP contribution in [-0.2, 0) is 4.79 Å². The van der Waals surface area contributed by atoms with E-state index in [4.69, 9.17) is 4.42 Å².